The maximum absolute atomic E-state index is 13.4. The number of aromatic carboxylic acids is 1. The van der Waals surface area contributed by atoms with Crippen molar-refractivity contribution in [1.82, 2.24) is 14.4 Å². The van der Waals surface area contributed by atoms with E-state index in [0.29, 0.717) is 26.1 Å². The standard InChI is InChI=1S/C22H25N3O5/c1-2-23-13-15-6-4-3-5-14(15)11-17(23)21(28)24-8-7-16-20(22(29)30)18(26)12-19(27)25(16)10-9-24/h3-6,12,17,26H,2,7-11,13H2,1H3,(H,29,30). The van der Waals surface area contributed by atoms with Gasteiger partial charge in [0.25, 0.3) is 5.56 Å². The second kappa shape index (κ2) is 7.95. The monoisotopic (exact) mass is 411 g/mol. The third-order valence-electron chi connectivity index (χ3n) is 6.17. The van der Waals surface area contributed by atoms with E-state index in [-0.39, 0.29) is 36.2 Å². The minimum Gasteiger partial charge on any atom is -0.507 e. The number of aromatic nitrogens is 1. The average molecular weight is 411 g/mol. The third-order valence-corrected chi connectivity index (χ3v) is 6.17. The number of hydrogen-bond acceptors (Lipinski definition) is 5. The molecular weight excluding hydrogens is 386 g/mol. The maximum Gasteiger partial charge on any atom is 0.341 e. The number of benzene rings is 1. The molecule has 0 radical (unpaired) electrons. The first-order chi connectivity index (χ1) is 14.4. The molecule has 1 atom stereocenters. The number of nitrogens with zero attached hydrogens (tertiary/aromatic N) is 3. The van der Waals surface area contributed by atoms with E-state index in [0.717, 1.165) is 12.6 Å². The van der Waals surface area contributed by atoms with Crippen molar-refractivity contribution < 1.29 is 19.8 Å². The lowest BCUT2D eigenvalue weighted by Gasteiger charge is -2.37. The number of fused-ring (bicyclic) bond motifs is 2. The van der Waals surface area contributed by atoms with Crippen molar-refractivity contribution in [2.75, 3.05) is 19.6 Å². The summed E-state index contributed by atoms with van der Waals surface area (Å²) < 4.78 is 1.37. The quantitative estimate of drug-likeness (QED) is 0.784. The van der Waals surface area contributed by atoms with Gasteiger partial charge >= 0.3 is 5.97 Å². The van der Waals surface area contributed by atoms with Gasteiger partial charge in [-0.3, -0.25) is 14.5 Å². The van der Waals surface area contributed by atoms with Gasteiger partial charge in [0.05, 0.1) is 6.04 Å². The van der Waals surface area contributed by atoms with Crippen molar-refractivity contribution in [3.05, 3.63) is 63.1 Å². The van der Waals surface area contributed by atoms with Crippen molar-refractivity contribution >= 4 is 11.9 Å². The number of carboxylic acid groups (broad SMARTS) is 1. The van der Waals surface area contributed by atoms with E-state index in [1.807, 2.05) is 19.1 Å². The molecule has 0 saturated carbocycles. The van der Waals surface area contributed by atoms with Gasteiger partial charge in [0.2, 0.25) is 5.91 Å². The van der Waals surface area contributed by atoms with E-state index < -0.39 is 17.3 Å². The molecule has 3 heterocycles. The molecule has 0 saturated heterocycles. The smallest absolute Gasteiger partial charge is 0.341 e. The summed E-state index contributed by atoms with van der Waals surface area (Å²) in [4.78, 5) is 41.3. The van der Waals surface area contributed by atoms with Crippen molar-refractivity contribution in [2.45, 2.75) is 38.9 Å². The Morgan fingerprint density at radius 1 is 1.13 bits per heavy atom. The zero-order chi connectivity index (χ0) is 21.4. The molecule has 8 heteroatoms. The fourth-order valence-electron chi connectivity index (χ4n) is 4.58. The number of carboxylic acids is 1. The summed E-state index contributed by atoms with van der Waals surface area (Å²) in [6.07, 6.45) is 0.833. The van der Waals surface area contributed by atoms with Crippen LogP contribution in [-0.4, -0.2) is 62.1 Å². The molecule has 2 N–H and O–H groups in total. The lowest BCUT2D eigenvalue weighted by molar-refractivity contribution is -0.137. The van der Waals surface area contributed by atoms with E-state index in [2.05, 4.69) is 17.0 Å². The number of hydrogen-bond donors (Lipinski definition) is 2. The van der Waals surface area contributed by atoms with Crippen molar-refractivity contribution in [3.63, 3.8) is 0 Å². The summed E-state index contributed by atoms with van der Waals surface area (Å²) in [5.74, 6) is -1.81. The fraction of sp³-hybridized carbons (Fsp3) is 0.409. The molecule has 2 aromatic rings. The molecule has 2 aliphatic rings. The topological polar surface area (TPSA) is 103 Å². The van der Waals surface area contributed by atoms with Crippen LogP contribution < -0.4 is 5.56 Å². The first kappa shape index (κ1) is 20.2. The average Bonchev–Trinajstić information content (AvgIpc) is 2.95. The first-order valence-electron chi connectivity index (χ1n) is 10.2. The van der Waals surface area contributed by atoms with Gasteiger partial charge in [-0.2, -0.15) is 0 Å². The van der Waals surface area contributed by atoms with Crippen LogP contribution in [0.15, 0.2) is 35.1 Å². The largest absolute Gasteiger partial charge is 0.507 e. The minimum absolute atomic E-state index is 0.00620. The zero-order valence-electron chi connectivity index (χ0n) is 16.9. The molecule has 0 fully saturated rings. The normalized spacial score (nSPS) is 19.0. The lowest BCUT2D eigenvalue weighted by Crippen LogP contribution is -2.52. The van der Waals surface area contributed by atoms with Crippen LogP contribution in [0.25, 0.3) is 0 Å². The Morgan fingerprint density at radius 3 is 2.57 bits per heavy atom. The zero-order valence-corrected chi connectivity index (χ0v) is 16.9. The van der Waals surface area contributed by atoms with Gasteiger partial charge in [-0.1, -0.05) is 31.2 Å². The van der Waals surface area contributed by atoms with Gasteiger partial charge in [0, 0.05) is 44.4 Å². The lowest BCUT2D eigenvalue weighted by atomic mass is 9.93. The number of pyridine rings is 1. The molecule has 30 heavy (non-hydrogen) atoms. The molecule has 4 rings (SSSR count). The van der Waals surface area contributed by atoms with Crippen LogP contribution in [0.5, 0.6) is 5.75 Å². The highest BCUT2D eigenvalue weighted by Gasteiger charge is 2.34. The number of aromatic hydroxyl groups is 1. The molecular formula is C22H25N3O5. The number of carbonyl (C=O) groups excluding carboxylic acids is 1. The van der Waals surface area contributed by atoms with Crippen LogP contribution >= 0.6 is 0 Å². The van der Waals surface area contributed by atoms with Crippen LogP contribution in [0.2, 0.25) is 0 Å². The molecule has 0 spiro atoms. The first-order valence-corrected chi connectivity index (χ1v) is 10.2. The summed E-state index contributed by atoms with van der Waals surface area (Å²) in [5, 5.41) is 19.4. The molecule has 1 amide bonds. The highest BCUT2D eigenvalue weighted by molar-refractivity contribution is 5.92. The second-order valence-corrected chi connectivity index (χ2v) is 7.77. The Labute approximate surface area is 174 Å². The highest BCUT2D eigenvalue weighted by atomic mass is 16.4. The Kier molecular flexibility index (Phi) is 5.34. The summed E-state index contributed by atoms with van der Waals surface area (Å²) in [6.45, 7) is 4.33. The number of carbonyl (C=O) groups is 2. The van der Waals surface area contributed by atoms with Crippen molar-refractivity contribution in [1.29, 1.82) is 0 Å². The summed E-state index contributed by atoms with van der Waals surface area (Å²) in [6, 6.07) is 8.79. The van der Waals surface area contributed by atoms with E-state index in [1.54, 1.807) is 4.90 Å². The summed E-state index contributed by atoms with van der Waals surface area (Å²) in [5.41, 5.74) is 1.96. The molecule has 1 aromatic heterocycles. The van der Waals surface area contributed by atoms with Crippen molar-refractivity contribution in [2.24, 2.45) is 0 Å². The van der Waals surface area contributed by atoms with E-state index in [4.69, 9.17) is 0 Å². The predicted octanol–water partition coefficient (Wildman–Crippen LogP) is 1.08. The van der Waals surface area contributed by atoms with Crippen LogP contribution in [0.4, 0.5) is 0 Å². The molecule has 0 bridgehead atoms. The Bertz CT molecular complexity index is 1060. The second-order valence-electron chi connectivity index (χ2n) is 7.77. The summed E-state index contributed by atoms with van der Waals surface area (Å²) in [7, 11) is 0. The van der Waals surface area contributed by atoms with Gasteiger partial charge in [-0.05, 0) is 24.1 Å². The summed E-state index contributed by atoms with van der Waals surface area (Å²) >= 11 is 0. The van der Waals surface area contributed by atoms with Gasteiger partial charge in [-0.15, -0.1) is 0 Å². The number of likely N-dealkylation sites (N-methyl/N-ethyl adjacent to an activating group) is 1. The van der Waals surface area contributed by atoms with Gasteiger partial charge < -0.3 is 19.7 Å². The van der Waals surface area contributed by atoms with Crippen LogP contribution in [0.1, 0.15) is 34.1 Å². The van der Waals surface area contributed by atoms with Crippen LogP contribution in [0, 0.1) is 0 Å². The predicted molar refractivity (Wildman–Crippen MR) is 110 cm³/mol. The Morgan fingerprint density at radius 2 is 1.87 bits per heavy atom. The molecule has 1 aromatic carbocycles. The SMILES string of the molecule is CCN1Cc2ccccc2CC1C(=O)N1CCc2c(C(=O)O)c(O)cc(=O)n2CC1. The molecule has 2 aliphatic heterocycles. The third kappa shape index (κ3) is 3.47. The van der Waals surface area contributed by atoms with Gasteiger partial charge in [-0.25, -0.2) is 4.79 Å². The Balaban J connectivity index is 1.60. The van der Waals surface area contributed by atoms with Gasteiger partial charge in [0.1, 0.15) is 11.3 Å². The molecule has 1 unspecified atom stereocenters. The maximum atomic E-state index is 13.4. The number of amides is 1. The highest BCUT2D eigenvalue weighted by Crippen LogP contribution is 2.26. The van der Waals surface area contributed by atoms with E-state index >= 15 is 0 Å². The fourth-order valence-corrected chi connectivity index (χ4v) is 4.58. The van der Waals surface area contributed by atoms with Crippen molar-refractivity contribution in [3.8, 4) is 5.75 Å². The van der Waals surface area contributed by atoms with E-state index in [1.165, 1.54) is 15.7 Å². The van der Waals surface area contributed by atoms with Crippen LogP contribution in [0.3, 0.4) is 0 Å². The van der Waals surface area contributed by atoms with Gasteiger partial charge in [0.15, 0.2) is 0 Å². The number of rotatable bonds is 3. The van der Waals surface area contributed by atoms with E-state index in [9.17, 15) is 24.6 Å². The molecule has 8 nitrogen and oxygen atoms in total. The minimum atomic E-state index is -1.28. The molecule has 158 valence electrons. The molecule has 0 aliphatic carbocycles. The van der Waals surface area contributed by atoms with Crippen LogP contribution in [-0.2, 0) is 30.7 Å². The Hall–Kier alpha value is -3.13.